The molecule has 0 saturated heterocycles. The van der Waals surface area contributed by atoms with Gasteiger partial charge in [-0.05, 0) is 42.0 Å². The third-order valence-corrected chi connectivity index (χ3v) is 2.71. The largest absolute Gasteiger partial charge is 0.484 e. The van der Waals surface area contributed by atoms with Crippen molar-refractivity contribution in [2.75, 3.05) is 6.61 Å². The first kappa shape index (κ1) is 15.0. The summed E-state index contributed by atoms with van der Waals surface area (Å²) < 4.78 is 17.9. The van der Waals surface area contributed by atoms with Crippen LogP contribution in [0.25, 0.3) is 0 Å². The highest BCUT2D eigenvalue weighted by atomic mass is 35.5. The highest BCUT2D eigenvalue weighted by molar-refractivity contribution is 6.30. The number of carbonyl (C=O) groups is 1. The van der Waals surface area contributed by atoms with Gasteiger partial charge in [0.2, 0.25) is 0 Å². The molecule has 0 radical (unpaired) electrons. The van der Waals surface area contributed by atoms with Crippen molar-refractivity contribution >= 4 is 23.7 Å². The number of ether oxygens (including phenoxy) is 1. The zero-order valence-corrected chi connectivity index (χ0v) is 11.7. The van der Waals surface area contributed by atoms with Gasteiger partial charge in [-0.3, -0.25) is 4.79 Å². The standard InChI is InChI=1S/C15H12ClFN2O2/c16-12-3-7-14(8-4-12)21-10-15(20)19-18-9-11-1-5-13(17)6-2-11/h1-9H,10H2,(H,19,20). The topological polar surface area (TPSA) is 50.7 Å². The van der Waals surface area contributed by atoms with Crippen LogP contribution in [0.2, 0.25) is 5.02 Å². The molecule has 0 saturated carbocycles. The van der Waals surface area contributed by atoms with Gasteiger partial charge in [0.25, 0.3) is 5.91 Å². The van der Waals surface area contributed by atoms with Crippen LogP contribution in [0.5, 0.6) is 5.75 Å². The molecule has 6 heteroatoms. The lowest BCUT2D eigenvalue weighted by Gasteiger charge is -2.04. The van der Waals surface area contributed by atoms with Gasteiger partial charge in [0.05, 0.1) is 6.21 Å². The van der Waals surface area contributed by atoms with Crippen molar-refractivity contribution in [3.63, 3.8) is 0 Å². The van der Waals surface area contributed by atoms with E-state index in [0.29, 0.717) is 16.3 Å². The molecule has 0 aliphatic carbocycles. The third-order valence-electron chi connectivity index (χ3n) is 2.46. The summed E-state index contributed by atoms with van der Waals surface area (Å²) in [6.45, 7) is -0.164. The van der Waals surface area contributed by atoms with E-state index in [1.54, 1.807) is 36.4 Å². The molecule has 2 rings (SSSR count). The molecular formula is C15H12ClFN2O2. The van der Waals surface area contributed by atoms with Crippen LogP contribution in [0.3, 0.4) is 0 Å². The van der Waals surface area contributed by atoms with Gasteiger partial charge in [-0.2, -0.15) is 5.10 Å². The van der Waals surface area contributed by atoms with Crippen molar-refractivity contribution < 1.29 is 13.9 Å². The Bertz CT molecular complexity index is 627. The quantitative estimate of drug-likeness (QED) is 0.682. The Labute approximate surface area is 126 Å². The summed E-state index contributed by atoms with van der Waals surface area (Å²) in [7, 11) is 0. The molecular weight excluding hydrogens is 295 g/mol. The van der Waals surface area contributed by atoms with Crippen LogP contribution >= 0.6 is 11.6 Å². The molecule has 1 N–H and O–H groups in total. The molecule has 0 atom stereocenters. The maximum absolute atomic E-state index is 12.7. The molecule has 1 amide bonds. The zero-order chi connectivity index (χ0) is 15.1. The molecule has 108 valence electrons. The molecule has 0 fully saturated rings. The van der Waals surface area contributed by atoms with Crippen LogP contribution in [0.4, 0.5) is 4.39 Å². The summed E-state index contributed by atoms with van der Waals surface area (Å²) in [5, 5.41) is 4.34. The van der Waals surface area contributed by atoms with Gasteiger partial charge in [-0.15, -0.1) is 0 Å². The average molecular weight is 307 g/mol. The summed E-state index contributed by atoms with van der Waals surface area (Å²) in [5.74, 6) is -0.187. The normalized spacial score (nSPS) is 10.6. The molecule has 0 aromatic heterocycles. The third kappa shape index (κ3) is 5.24. The second-order valence-corrected chi connectivity index (χ2v) is 4.52. The summed E-state index contributed by atoms with van der Waals surface area (Å²) >= 11 is 5.73. The summed E-state index contributed by atoms with van der Waals surface area (Å²) in [6, 6.07) is 12.4. The van der Waals surface area contributed by atoms with Gasteiger partial charge in [0, 0.05) is 5.02 Å². The van der Waals surface area contributed by atoms with E-state index < -0.39 is 5.91 Å². The first-order chi connectivity index (χ1) is 10.1. The molecule has 4 nitrogen and oxygen atoms in total. The maximum Gasteiger partial charge on any atom is 0.277 e. The fourth-order valence-electron chi connectivity index (χ4n) is 1.44. The molecule has 0 bridgehead atoms. The highest BCUT2D eigenvalue weighted by Gasteiger charge is 2.01. The van der Waals surface area contributed by atoms with Crippen LogP contribution in [0, 0.1) is 5.82 Å². The van der Waals surface area contributed by atoms with E-state index >= 15 is 0 Å². The molecule has 0 aliphatic heterocycles. The maximum atomic E-state index is 12.7. The number of amides is 1. The van der Waals surface area contributed by atoms with E-state index in [1.807, 2.05) is 0 Å². The summed E-state index contributed by atoms with van der Waals surface area (Å²) in [6.07, 6.45) is 1.42. The molecule has 2 aromatic carbocycles. The van der Waals surface area contributed by atoms with Crippen LogP contribution in [0.1, 0.15) is 5.56 Å². The number of nitrogens with zero attached hydrogens (tertiary/aromatic N) is 1. The minimum atomic E-state index is -0.400. The Morgan fingerprint density at radius 1 is 1.19 bits per heavy atom. The van der Waals surface area contributed by atoms with E-state index in [9.17, 15) is 9.18 Å². The van der Waals surface area contributed by atoms with Crippen molar-refractivity contribution in [1.29, 1.82) is 0 Å². The van der Waals surface area contributed by atoms with Gasteiger partial charge in [-0.1, -0.05) is 23.7 Å². The average Bonchev–Trinajstić information content (AvgIpc) is 2.49. The highest BCUT2D eigenvalue weighted by Crippen LogP contribution is 2.15. The Balaban J connectivity index is 1.77. The molecule has 2 aromatic rings. The van der Waals surface area contributed by atoms with Crippen molar-refractivity contribution in [3.05, 3.63) is 64.9 Å². The molecule has 21 heavy (non-hydrogen) atoms. The van der Waals surface area contributed by atoms with Crippen molar-refractivity contribution in [1.82, 2.24) is 5.43 Å². The van der Waals surface area contributed by atoms with E-state index in [1.165, 1.54) is 18.3 Å². The van der Waals surface area contributed by atoms with E-state index in [-0.39, 0.29) is 12.4 Å². The minimum absolute atomic E-state index is 0.164. The second kappa shape index (κ2) is 7.40. The van der Waals surface area contributed by atoms with Crippen LogP contribution in [0.15, 0.2) is 53.6 Å². The Hall–Kier alpha value is -2.40. The Kier molecular flexibility index (Phi) is 5.29. The van der Waals surface area contributed by atoms with Gasteiger partial charge in [-0.25, -0.2) is 9.82 Å². The lowest BCUT2D eigenvalue weighted by Crippen LogP contribution is -2.24. The first-order valence-electron chi connectivity index (χ1n) is 6.09. The fraction of sp³-hybridized carbons (Fsp3) is 0.0667. The van der Waals surface area contributed by atoms with Crippen molar-refractivity contribution in [2.24, 2.45) is 5.10 Å². The molecule has 0 heterocycles. The first-order valence-corrected chi connectivity index (χ1v) is 6.47. The van der Waals surface area contributed by atoms with Crippen LogP contribution in [-0.4, -0.2) is 18.7 Å². The number of hydrogen-bond donors (Lipinski definition) is 1. The van der Waals surface area contributed by atoms with Gasteiger partial charge in [0.15, 0.2) is 6.61 Å². The lowest BCUT2D eigenvalue weighted by atomic mass is 10.2. The fourth-order valence-corrected chi connectivity index (χ4v) is 1.57. The number of hydrogen-bond acceptors (Lipinski definition) is 3. The number of rotatable bonds is 5. The summed E-state index contributed by atoms with van der Waals surface area (Å²) in [4.78, 5) is 11.5. The van der Waals surface area contributed by atoms with Crippen molar-refractivity contribution in [3.8, 4) is 5.75 Å². The van der Waals surface area contributed by atoms with Gasteiger partial charge < -0.3 is 4.74 Å². The number of hydrazone groups is 1. The predicted octanol–water partition coefficient (Wildman–Crippen LogP) is 3.01. The lowest BCUT2D eigenvalue weighted by molar-refractivity contribution is -0.123. The number of halogens is 2. The zero-order valence-electron chi connectivity index (χ0n) is 10.9. The second-order valence-electron chi connectivity index (χ2n) is 4.09. The summed E-state index contributed by atoms with van der Waals surface area (Å²) in [5.41, 5.74) is 2.99. The Morgan fingerprint density at radius 3 is 2.52 bits per heavy atom. The van der Waals surface area contributed by atoms with Crippen LogP contribution < -0.4 is 10.2 Å². The smallest absolute Gasteiger partial charge is 0.277 e. The predicted molar refractivity (Wildman–Crippen MR) is 79.1 cm³/mol. The molecule has 0 spiro atoms. The van der Waals surface area contributed by atoms with E-state index in [4.69, 9.17) is 16.3 Å². The van der Waals surface area contributed by atoms with Gasteiger partial charge >= 0.3 is 0 Å². The monoisotopic (exact) mass is 306 g/mol. The SMILES string of the molecule is O=C(COc1ccc(Cl)cc1)NN=Cc1ccc(F)cc1. The van der Waals surface area contributed by atoms with Crippen molar-refractivity contribution in [2.45, 2.75) is 0 Å². The van der Waals surface area contributed by atoms with E-state index in [0.717, 1.165) is 0 Å². The van der Waals surface area contributed by atoms with E-state index in [2.05, 4.69) is 10.5 Å². The number of nitrogens with one attached hydrogen (secondary N) is 1. The van der Waals surface area contributed by atoms with Crippen LogP contribution in [-0.2, 0) is 4.79 Å². The molecule has 0 unspecified atom stereocenters. The molecule has 0 aliphatic rings. The Morgan fingerprint density at radius 2 is 1.86 bits per heavy atom. The minimum Gasteiger partial charge on any atom is -0.484 e. The number of carbonyl (C=O) groups excluding carboxylic acids is 1. The number of benzene rings is 2. The van der Waals surface area contributed by atoms with Gasteiger partial charge in [0.1, 0.15) is 11.6 Å².